The van der Waals surface area contributed by atoms with Crippen LogP contribution in [0.4, 0.5) is 5.69 Å². The molecule has 0 radical (unpaired) electrons. The molecule has 0 amide bonds. The Morgan fingerprint density at radius 2 is 1.16 bits per heavy atom. The number of nitro benzene ring substituents is 1. The summed E-state index contributed by atoms with van der Waals surface area (Å²) < 4.78 is 0. The number of nitrogens with zero attached hydrogens (tertiary/aromatic N) is 2. The molecule has 0 fully saturated rings. The van der Waals surface area contributed by atoms with Gasteiger partial charge in [-0.2, -0.15) is 0 Å². The molecule has 3 rings (SSSR count). The maximum atomic E-state index is 13.4. The number of hydrogen-bond donors (Lipinski definition) is 0. The van der Waals surface area contributed by atoms with E-state index in [1.165, 1.54) is 48.5 Å². The van der Waals surface area contributed by atoms with E-state index in [9.17, 15) is 29.8 Å². The zero-order valence-electron chi connectivity index (χ0n) is 16.3. The van der Waals surface area contributed by atoms with Crippen LogP contribution < -0.4 is 0 Å². The van der Waals surface area contributed by atoms with Crippen LogP contribution in [0.5, 0.6) is 0 Å². The summed E-state index contributed by atoms with van der Waals surface area (Å²) in [6.07, 6.45) is 0. The van der Waals surface area contributed by atoms with E-state index in [1.807, 2.05) is 0 Å². The molecule has 0 heterocycles. The largest absolute Gasteiger partial charge is 0.293 e. The van der Waals surface area contributed by atoms with Crippen molar-refractivity contribution >= 4 is 17.3 Å². The van der Waals surface area contributed by atoms with Crippen molar-refractivity contribution in [2.24, 2.45) is 5.92 Å². The minimum absolute atomic E-state index is 0.0252. The Balaban J connectivity index is 2.21. The van der Waals surface area contributed by atoms with E-state index in [2.05, 4.69) is 0 Å². The van der Waals surface area contributed by atoms with Crippen LogP contribution in [0.15, 0.2) is 84.9 Å². The maximum absolute atomic E-state index is 13.4. The molecule has 0 spiro atoms. The summed E-state index contributed by atoms with van der Waals surface area (Å²) in [5.74, 6) is -4.08. The topological polar surface area (TPSA) is 120 Å². The van der Waals surface area contributed by atoms with E-state index < -0.39 is 39.8 Å². The molecule has 0 aromatic heterocycles. The number of carbonyl (C=O) groups is 2. The third-order valence-electron chi connectivity index (χ3n) is 4.96. The molecule has 0 unspecified atom stereocenters. The molecule has 0 aliphatic rings. The number of para-hydroxylation sites is 1. The quantitative estimate of drug-likeness (QED) is 0.221. The van der Waals surface area contributed by atoms with Crippen LogP contribution in [0.3, 0.4) is 0 Å². The molecule has 3 aromatic rings. The monoisotopic (exact) mass is 418 g/mol. The summed E-state index contributed by atoms with van der Waals surface area (Å²) in [5.41, 5.74) is -0.00346. The molecule has 0 saturated carbocycles. The van der Waals surface area contributed by atoms with Crippen LogP contribution in [0.25, 0.3) is 0 Å². The number of carbonyl (C=O) groups excluding carboxylic acids is 2. The summed E-state index contributed by atoms with van der Waals surface area (Å²) in [7, 11) is 0. The van der Waals surface area contributed by atoms with E-state index >= 15 is 0 Å². The highest BCUT2D eigenvalue weighted by atomic mass is 16.6. The van der Waals surface area contributed by atoms with Gasteiger partial charge in [-0.3, -0.25) is 29.8 Å². The molecule has 31 heavy (non-hydrogen) atoms. The third kappa shape index (κ3) is 4.87. The first kappa shape index (κ1) is 21.5. The van der Waals surface area contributed by atoms with Crippen LogP contribution in [-0.4, -0.2) is 28.0 Å². The zero-order chi connectivity index (χ0) is 22.4. The van der Waals surface area contributed by atoms with Gasteiger partial charge in [-0.05, 0) is 0 Å². The average molecular weight is 418 g/mol. The highest BCUT2D eigenvalue weighted by molar-refractivity contribution is 6.16. The summed E-state index contributed by atoms with van der Waals surface area (Å²) >= 11 is 0. The molecule has 1 atom stereocenters. The summed E-state index contributed by atoms with van der Waals surface area (Å²) in [6, 6.07) is 21.4. The van der Waals surface area contributed by atoms with Gasteiger partial charge in [-0.15, -0.1) is 0 Å². The fourth-order valence-corrected chi connectivity index (χ4v) is 3.56. The van der Waals surface area contributed by atoms with E-state index in [1.54, 1.807) is 36.4 Å². The van der Waals surface area contributed by atoms with Crippen molar-refractivity contribution in [3.8, 4) is 0 Å². The Morgan fingerprint density at radius 1 is 0.710 bits per heavy atom. The SMILES string of the molecule is O=C(c1ccccc1)C(C(=O)c1ccccc1)[C@H](C[N+](=O)[O-])c1ccccc1[N+](=O)[O-]. The Labute approximate surface area is 177 Å². The Kier molecular flexibility index (Phi) is 6.61. The molecule has 0 saturated heterocycles. The zero-order valence-corrected chi connectivity index (χ0v) is 16.3. The van der Waals surface area contributed by atoms with Crippen LogP contribution >= 0.6 is 0 Å². The first-order valence-corrected chi connectivity index (χ1v) is 9.43. The van der Waals surface area contributed by atoms with Crippen molar-refractivity contribution in [3.63, 3.8) is 0 Å². The van der Waals surface area contributed by atoms with Gasteiger partial charge in [0.05, 0.1) is 16.8 Å². The number of nitro groups is 2. The standard InChI is InChI=1S/C23H18N2O6/c26-22(16-9-3-1-4-10-16)21(23(27)17-11-5-2-6-12-17)19(15-24(28)29)18-13-7-8-14-20(18)25(30)31/h1-14,19,21H,15H2/t19-/m1/s1. The van der Waals surface area contributed by atoms with Crippen molar-refractivity contribution in [3.05, 3.63) is 122 Å². The van der Waals surface area contributed by atoms with Gasteiger partial charge in [-0.1, -0.05) is 78.9 Å². The van der Waals surface area contributed by atoms with E-state index in [0.717, 1.165) is 0 Å². The minimum atomic E-state index is -1.50. The second-order valence-electron chi connectivity index (χ2n) is 6.88. The normalized spacial score (nSPS) is 11.6. The molecule has 3 aromatic carbocycles. The van der Waals surface area contributed by atoms with E-state index in [4.69, 9.17) is 0 Å². The number of benzene rings is 3. The molecular formula is C23H18N2O6. The molecule has 0 aliphatic carbocycles. The first-order valence-electron chi connectivity index (χ1n) is 9.43. The average Bonchev–Trinajstić information content (AvgIpc) is 2.79. The van der Waals surface area contributed by atoms with Gasteiger partial charge in [0, 0.05) is 27.7 Å². The van der Waals surface area contributed by atoms with Crippen LogP contribution in [-0.2, 0) is 0 Å². The lowest BCUT2D eigenvalue weighted by Gasteiger charge is -2.23. The molecule has 0 aliphatic heterocycles. The maximum Gasteiger partial charge on any atom is 0.273 e. The van der Waals surface area contributed by atoms with Crippen molar-refractivity contribution in [1.82, 2.24) is 0 Å². The smallest absolute Gasteiger partial charge is 0.273 e. The second kappa shape index (κ2) is 9.53. The Bertz CT molecular complexity index is 1060. The predicted molar refractivity (Wildman–Crippen MR) is 113 cm³/mol. The second-order valence-corrected chi connectivity index (χ2v) is 6.88. The fourth-order valence-electron chi connectivity index (χ4n) is 3.56. The van der Waals surface area contributed by atoms with Crippen molar-refractivity contribution < 1.29 is 19.4 Å². The highest BCUT2D eigenvalue weighted by Gasteiger charge is 2.42. The highest BCUT2D eigenvalue weighted by Crippen LogP contribution is 2.36. The van der Waals surface area contributed by atoms with E-state index in [-0.39, 0.29) is 22.4 Å². The molecular weight excluding hydrogens is 400 g/mol. The van der Waals surface area contributed by atoms with Crippen molar-refractivity contribution in [1.29, 1.82) is 0 Å². The lowest BCUT2D eigenvalue weighted by atomic mass is 9.76. The lowest BCUT2D eigenvalue weighted by Crippen LogP contribution is -2.34. The van der Waals surface area contributed by atoms with Crippen molar-refractivity contribution in [2.45, 2.75) is 5.92 Å². The van der Waals surface area contributed by atoms with Crippen LogP contribution in [0.1, 0.15) is 32.2 Å². The minimum Gasteiger partial charge on any atom is -0.293 e. The molecule has 8 nitrogen and oxygen atoms in total. The van der Waals surface area contributed by atoms with Gasteiger partial charge < -0.3 is 0 Å². The lowest BCUT2D eigenvalue weighted by molar-refractivity contribution is -0.484. The Morgan fingerprint density at radius 3 is 1.61 bits per heavy atom. The van der Waals surface area contributed by atoms with Gasteiger partial charge in [0.1, 0.15) is 0 Å². The van der Waals surface area contributed by atoms with Gasteiger partial charge in [0.15, 0.2) is 11.6 Å². The molecule has 0 N–H and O–H groups in total. The molecule has 156 valence electrons. The summed E-state index contributed by atoms with van der Waals surface area (Å²) in [6.45, 7) is -0.813. The predicted octanol–water partition coefficient (Wildman–Crippen LogP) is 4.34. The van der Waals surface area contributed by atoms with E-state index in [0.29, 0.717) is 0 Å². The van der Waals surface area contributed by atoms with Gasteiger partial charge in [0.25, 0.3) is 5.69 Å². The van der Waals surface area contributed by atoms with Crippen LogP contribution in [0, 0.1) is 26.1 Å². The number of rotatable bonds is 9. The summed E-state index contributed by atoms with van der Waals surface area (Å²) in [5, 5.41) is 23.1. The Hall–Kier alpha value is -4.20. The van der Waals surface area contributed by atoms with Gasteiger partial charge in [-0.25, -0.2) is 0 Å². The number of Topliss-reactive ketones (excluding diaryl/α,β-unsaturated/α-hetero) is 2. The molecule has 8 heteroatoms. The first-order chi connectivity index (χ1) is 14.9. The number of hydrogen-bond acceptors (Lipinski definition) is 6. The summed E-state index contributed by atoms with van der Waals surface area (Å²) in [4.78, 5) is 48.6. The third-order valence-corrected chi connectivity index (χ3v) is 4.96. The van der Waals surface area contributed by atoms with Crippen molar-refractivity contribution in [2.75, 3.05) is 6.54 Å². The number of ketones is 2. The van der Waals surface area contributed by atoms with Gasteiger partial charge in [0.2, 0.25) is 6.54 Å². The van der Waals surface area contributed by atoms with Crippen LogP contribution in [0.2, 0.25) is 0 Å². The molecule has 0 bridgehead atoms. The fraction of sp³-hybridized carbons (Fsp3) is 0.130. The van der Waals surface area contributed by atoms with Gasteiger partial charge >= 0.3 is 0 Å².